The molecule has 1 saturated heterocycles. The van der Waals surface area contributed by atoms with Crippen molar-refractivity contribution in [2.24, 2.45) is 22.7 Å². The summed E-state index contributed by atoms with van der Waals surface area (Å²) in [6, 6.07) is 0.539. The quantitative estimate of drug-likeness (QED) is 0.744. The lowest BCUT2D eigenvalue weighted by Crippen LogP contribution is -2.44. The topological polar surface area (TPSA) is 32.7 Å². The number of nitrogens with zero attached hydrogens (tertiary/aromatic N) is 2. The molecule has 2 unspecified atom stereocenters. The second kappa shape index (κ2) is 5.19. The molecular formula is C14H26N2O. The third-order valence-corrected chi connectivity index (χ3v) is 3.66. The van der Waals surface area contributed by atoms with Crippen LogP contribution in [0.5, 0.6) is 0 Å². The normalized spacial score (nSPS) is 28.2. The van der Waals surface area contributed by atoms with E-state index in [2.05, 4.69) is 46.5 Å². The SMILES string of the molecule is CN=C1C(=O)N(C(C)C)C(C(C)C)C1C(C)C. The molecule has 98 valence electrons. The molecule has 1 aliphatic heterocycles. The third-order valence-electron chi connectivity index (χ3n) is 3.66. The van der Waals surface area contributed by atoms with Gasteiger partial charge in [0.25, 0.3) is 5.91 Å². The molecule has 0 aromatic carbocycles. The molecule has 0 radical (unpaired) electrons. The van der Waals surface area contributed by atoms with Gasteiger partial charge in [-0.1, -0.05) is 27.7 Å². The van der Waals surface area contributed by atoms with Crippen LogP contribution in [-0.4, -0.2) is 35.7 Å². The van der Waals surface area contributed by atoms with E-state index in [9.17, 15) is 4.79 Å². The molecule has 1 heterocycles. The van der Waals surface area contributed by atoms with Crippen molar-refractivity contribution in [2.75, 3.05) is 7.05 Å². The van der Waals surface area contributed by atoms with E-state index >= 15 is 0 Å². The van der Waals surface area contributed by atoms with Crippen molar-refractivity contribution < 1.29 is 4.79 Å². The summed E-state index contributed by atoms with van der Waals surface area (Å²) in [5, 5.41) is 0. The molecule has 0 N–H and O–H groups in total. The lowest BCUT2D eigenvalue weighted by Gasteiger charge is -2.34. The average molecular weight is 238 g/mol. The Kier molecular flexibility index (Phi) is 4.34. The van der Waals surface area contributed by atoms with Crippen molar-refractivity contribution in [1.82, 2.24) is 4.90 Å². The van der Waals surface area contributed by atoms with E-state index < -0.39 is 0 Å². The van der Waals surface area contributed by atoms with E-state index in [1.54, 1.807) is 7.05 Å². The van der Waals surface area contributed by atoms with E-state index in [1.807, 2.05) is 4.90 Å². The van der Waals surface area contributed by atoms with Crippen LogP contribution in [-0.2, 0) is 4.79 Å². The molecule has 1 fully saturated rings. The van der Waals surface area contributed by atoms with Gasteiger partial charge < -0.3 is 4.90 Å². The smallest absolute Gasteiger partial charge is 0.268 e. The Labute approximate surface area is 105 Å². The predicted molar refractivity (Wildman–Crippen MR) is 72.3 cm³/mol. The first kappa shape index (κ1) is 14.2. The van der Waals surface area contributed by atoms with Gasteiger partial charge in [0, 0.05) is 25.0 Å². The highest BCUT2D eigenvalue weighted by Gasteiger charge is 2.48. The maximum Gasteiger partial charge on any atom is 0.268 e. The molecule has 0 aromatic heterocycles. The minimum atomic E-state index is 0.139. The monoisotopic (exact) mass is 238 g/mol. The number of likely N-dealkylation sites (tertiary alicyclic amines) is 1. The van der Waals surface area contributed by atoms with Gasteiger partial charge in [-0.25, -0.2) is 0 Å². The first-order chi connectivity index (χ1) is 7.82. The number of amides is 1. The van der Waals surface area contributed by atoms with E-state index in [1.165, 1.54) is 0 Å². The Morgan fingerprint density at radius 3 is 1.88 bits per heavy atom. The van der Waals surface area contributed by atoms with Crippen LogP contribution in [0.2, 0.25) is 0 Å². The minimum Gasteiger partial charge on any atom is -0.331 e. The van der Waals surface area contributed by atoms with Crippen LogP contribution in [0.3, 0.4) is 0 Å². The highest BCUT2D eigenvalue weighted by molar-refractivity contribution is 6.41. The molecule has 1 aliphatic rings. The summed E-state index contributed by atoms with van der Waals surface area (Å²) in [5.74, 6) is 1.33. The molecule has 0 bridgehead atoms. The predicted octanol–water partition coefficient (Wildman–Crippen LogP) is 2.60. The molecule has 0 aliphatic carbocycles. The maximum absolute atomic E-state index is 12.4. The molecule has 17 heavy (non-hydrogen) atoms. The van der Waals surface area contributed by atoms with Crippen LogP contribution in [0.15, 0.2) is 4.99 Å². The van der Waals surface area contributed by atoms with Gasteiger partial charge in [0.1, 0.15) is 5.71 Å². The van der Waals surface area contributed by atoms with E-state index in [0.717, 1.165) is 5.71 Å². The fourth-order valence-electron chi connectivity index (χ4n) is 3.01. The zero-order valence-electron chi connectivity index (χ0n) is 12.2. The van der Waals surface area contributed by atoms with Gasteiger partial charge in [0.05, 0.1) is 0 Å². The van der Waals surface area contributed by atoms with E-state index in [-0.39, 0.29) is 17.9 Å². The Balaban J connectivity index is 3.23. The molecule has 2 atom stereocenters. The van der Waals surface area contributed by atoms with Crippen LogP contribution in [0.4, 0.5) is 0 Å². The van der Waals surface area contributed by atoms with Crippen molar-refractivity contribution in [3.8, 4) is 0 Å². The number of hydrogen-bond donors (Lipinski definition) is 0. The van der Waals surface area contributed by atoms with Crippen LogP contribution >= 0.6 is 0 Å². The summed E-state index contributed by atoms with van der Waals surface area (Å²) >= 11 is 0. The van der Waals surface area contributed by atoms with Crippen molar-refractivity contribution in [2.45, 2.75) is 53.6 Å². The molecule has 1 rings (SSSR count). The summed E-state index contributed by atoms with van der Waals surface area (Å²) in [4.78, 5) is 18.7. The number of aliphatic imine (C=N–C) groups is 1. The van der Waals surface area contributed by atoms with Gasteiger partial charge in [-0.15, -0.1) is 0 Å². The first-order valence-electron chi connectivity index (χ1n) is 6.62. The maximum atomic E-state index is 12.4. The number of hydrogen-bond acceptors (Lipinski definition) is 2. The zero-order valence-corrected chi connectivity index (χ0v) is 12.2. The molecule has 0 spiro atoms. The van der Waals surface area contributed by atoms with Gasteiger partial charge >= 0.3 is 0 Å². The van der Waals surface area contributed by atoms with Gasteiger partial charge in [-0.2, -0.15) is 0 Å². The largest absolute Gasteiger partial charge is 0.331 e. The lowest BCUT2D eigenvalue weighted by molar-refractivity contribution is -0.126. The fraction of sp³-hybridized carbons (Fsp3) is 0.857. The van der Waals surface area contributed by atoms with E-state index in [4.69, 9.17) is 0 Å². The van der Waals surface area contributed by atoms with Gasteiger partial charge in [-0.05, 0) is 25.7 Å². The Morgan fingerprint density at radius 1 is 1.06 bits per heavy atom. The summed E-state index contributed by atoms with van der Waals surface area (Å²) < 4.78 is 0. The van der Waals surface area contributed by atoms with Gasteiger partial charge in [0.15, 0.2) is 0 Å². The third kappa shape index (κ3) is 2.38. The van der Waals surface area contributed by atoms with Crippen molar-refractivity contribution in [1.29, 1.82) is 0 Å². The summed E-state index contributed by atoms with van der Waals surface area (Å²) in [5.41, 5.74) is 0.771. The number of carbonyl (C=O) groups excluding carboxylic acids is 1. The highest BCUT2D eigenvalue weighted by Crippen LogP contribution is 2.35. The van der Waals surface area contributed by atoms with Crippen LogP contribution in [0, 0.1) is 17.8 Å². The molecular weight excluding hydrogens is 212 g/mol. The second-order valence-electron chi connectivity index (χ2n) is 5.92. The standard InChI is InChI=1S/C14H26N2O/c1-8(2)11-12(15-7)14(17)16(10(5)6)13(11)9(3)4/h8-11,13H,1-7H3. The Hall–Kier alpha value is -0.860. The summed E-state index contributed by atoms with van der Waals surface area (Å²) in [7, 11) is 1.74. The average Bonchev–Trinajstić information content (AvgIpc) is 2.50. The number of carbonyl (C=O) groups is 1. The Morgan fingerprint density at radius 2 is 1.59 bits per heavy atom. The lowest BCUT2D eigenvalue weighted by atomic mass is 9.82. The highest BCUT2D eigenvalue weighted by atomic mass is 16.2. The minimum absolute atomic E-state index is 0.139. The molecule has 1 amide bonds. The van der Waals surface area contributed by atoms with Crippen molar-refractivity contribution in [3.63, 3.8) is 0 Å². The van der Waals surface area contributed by atoms with Crippen LogP contribution in [0.25, 0.3) is 0 Å². The molecule has 3 heteroatoms. The summed E-state index contributed by atoms with van der Waals surface area (Å²) in [6.45, 7) is 12.9. The fourth-order valence-corrected chi connectivity index (χ4v) is 3.01. The van der Waals surface area contributed by atoms with Gasteiger partial charge in [0.2, 0.25) is 0 Å². The van der Waals surface area contributed by atoms with Crippen molar-refractivity contribution in [3.05, 3.63) is 0 Å². The van der Waals surface area contributed by atoms with Gasteiger partial charge in [-0.3, -0.25) is 9.79 Å². The Bertz CT molecular complexity index is 318. The van der Waals surface area contributed by atoms with E-state index in [0.29, 0.717) is 17.9 Å². The second-order valence-corrected chi connectivity index (χ2v) is 5.92. The first-order valence-corrected chi connectivity index (χ1v) is 6.62. The summed E-state index contributed by atoms with van der Waals surface area (Å²) in [6.07, 6.45) is 0. The number of rotatable bonds is 3. The van der Waals surface area contributed by atoms with Crippen LogP contribution in [0.1, 0.15) is 41.5 Å². The van der Waals surface area contributed by atoms with Crippen LogP contribution < -0.4 is 0 Å². The molecule has 3 nitrogen and oxygen atoms in total. The molecule has 0 aromatic rings. The zero-order chi connectivity index (χ0) is 13.3. The molecule has 0 saturated carbocycles. The van der Waals surface area contributed by atoms with Crippen molar-refractivity contribution >= 4 is 11.6 Å².